The molecule has 1 heterocycles. The number of halogens is 3. The molecule has 0 aliphatic rings. The van der Waals surface area contributed by atoms with E-state index in [1.165, 1.54) is 12.1 Å². The highest BCUT2D eigenvalue weighted by molar-refractivity contribution is 6.05. The Morgan fingerprint density at radius 2 is 1.82 bits per heavy atom. The van der Waals surface area contributed by atoms with Gasteiger partial charge in [0, 0.05) is 22.2 Å². The second-order valence-corrected chi connectivity index (χ2v) is 6.20. The number of hydrogen-bond acceptors (Lipinski definition) is 3. The third kappa shape index (κ3) is 4.16. The Morgan fingerprint density at radius 3 is 2.43 bits per heavy atom. The molecule has 5 nitrogen and oxygen atoms in total. The highest BCUT2D eigenvalue weighted by Gasteiger charge is 2.31. The highest BCUT2D eigenvalue weighted by Crippen LogP contribution is 2.24. The Labute approximate surface area is 158 Å². The number of rotatable bonds is 4. The van der Waals surface area contributed by atoms with Crippen molar-refractivity contribution in [3.63, 3.8) is 0 Å². The maximum atomic E-state index is 12.3. The fraction of sp³-hybridized carbons (Fsp3) is 0.200. The van der Waals surface area contributed by atoms with E-state index in [0.29, 0.717) is 23.2 Å². The summed E-state index contributed by atoms with van der Waals surface area (Å²) >= 11 is 0. The molecule has 8 heteroatoms. The standard InChI is InChI=1S/C20H17F3N2O3/c1-3-15-11(2)16-9-6-13(10-17(16)25-19(15)27)24-18(26)12-4-7-14(8-5-12)28-20(21,22)23/h4-10H,3H2,1-2H3,(H,24,26)(H,25,27). The smallest absolute Gasteiger partial charge is 0.406 e. The quantitative estimate of drug-likeness (QED) is 0.687. The van der Waals surface area contributed by atoms with Gasteiger partial charge in [0.05, 0.1) is 5.52 Å². The third-order valence-electron chi connectivity index (χ3n) is 4.36. The number of fused-ring (bicyclic) bond motifs is 1. The van der Waals surface area contributed by atoms with Gasteiger partial charge in [0.1, 0.15) is 5.75 Å². The molecule has 0 unspecified atom stereocenters. The van der Waals surface area contributed by atoms with E-state index in [1.54, 1.807) is 18.2 Å². The van der Waals surface area contributed by atoms with Crippen molar-refractivity contribution in [1.82, 2.24) is 4.98 Å². The molecule has 0 aliphatic heterocycles. The summed E-state index contributed by atoms with van der Waals surface area (Å²) in [5, 5.41) is 3.54. The first-order chi connectivity index (χ1) is 13.2. The minimum atomic E-state index is -4.79. The number of aromatic amines is 1. The number of aryl methyl sites for hydroxylation is 1. The number of anilines is 1. The van der Waals surface area contributed by atoms with Crippen LogP contribution in [0, 0.1) is 6.92 Å². The summed E-state index contributed by atoms with van der Waals surface area (Å²) in [4.78, 5) is 27.3. The molecular formula is C20H17F3N2O3. The lowest BCUT2D eigenvalue weighted by Crippen LogP contribution is -2.17. The first kappa shape index (κ1) is 19.5. The van der Waals surface area contributed by atoms with E-state index >= 15 is 0 Å². The van der Waals surface area contributed by atoms with E-state index < -0.39 is 18.0 Å². The topological polar surface area (TPSA) is 71.2 Å². The van der Waals surface area contributed by atoms with Crippen molar-refractivity contribution in [1.29, 1.82) is 0 Å². The average Bonchev–Trinajstić information content (AvgIpc) is 2.61. The lowest BCUT2D eigenvalue weighted by Gasteiger charge is -2.11. The van der Waals surface area contributed by atoms with Crippen molar-refractivity contribution >= 4 is 22.5 Å². The first-order valence-electron chi connectivity index (χ1n) is 8.50. The minimum absolute atomic E-state index is 0.167. The Hall–Kier alpha value is -3.29. The zero-order valence-electron chi connectivity index (χ0n) is 15.1. The molecule has 0 fully saturated rings. The van der Waals surface area contributed by atoms with Gasteiger partial charge in [-0.25, -0.2) is 0 Å². The summed E-state index contributed by atoms with van der Waals surface area (Å²) in [7, 11) is 0. The number of hydrogen-bond donors (Lipinski definition) is 2. The lowest BCUT2D eigenvalue weighted by molar-refractivity contribution is -0.274. The molecule has 3 rings (SSSR count). The van der Waals surface area contributed by atoms with Crippen LogP contribution >= 0.6 is 0 Å². The molecule has 3 aromatic rings. The summed E-state index contributed by atoms with van der Waals surface area (Å²) in [6.07, 6.45) is -4.18. The fourth-order valence-corrected chi connectivity index (χ4v) is 3.02. The Kier molecular flexibility index (Phi) is 5.13. The molecule has 0 aliphatic carbocycles. The van der Waals surface area contributed by atoms with Crippen LogP contribution in [0.25, 0.3) is 10.9 Å². The van der Waals surface area contributed by atoms with Crippen LogP contribution < -0.4 is 15.6 Å². The van der Waals surface area contributed by atoms with E-state index in [0.717, 1.165) is 23.1 Å². The molecule has 1 amide bonds. The van der Waals surface area contributed by atoms with E-state index in [1.807, 2.05) is 13.8 Å². The van der Waals surface area contributed by atoms with Crippen LogP contribution in [0.3, 0.4) is 0 Å². The van der Waals surface area contributed by atoms with Gasteiger partial charge in [-0.1, -0.05) is 13.0 Å². The van der Waals surface area contributed by atoms with Crippen molar-refractivity contribution in [2.45, 2.75) is 26.6 Å². The number of benzene rings is 2. The van der Waals surface area contributed by atoms with E-state index in [9.17, 15) is 22.8 Å². The molecule has 2 aromatic carbocycles. The van der Waals surface area contributed by atoms with Crippen molar-refractivity contribution in [3.8, 4) is 5.75 Å². The van der Waals surface area contributed by atoms with Crippen LogP contribution in [-0.4, -0.2) is 17.3 Å². The van der Waals surface area contributed by atoms with Gasteiger partial charge in [0.15, 0.2) is 0 Å². The van der Waals surface area contributed by atoms with Crippen molar-refractivity contribution in [3.05, 3.63) is 69.5 Å². The van der Waals surface area contributed by atoms with Gasteiger partial charge in [-0.2, -0.15) is 0 Å². The van der Waals surface area contributed by atoms with Gasteiger partial charge in [0.2, 0.25) is 0 Å². The van der Waals surface area contributed by atoms with Gasteiger partial charge >= 0.3 is 6.36 Å². The number of amides is 1. The number of nitrogens with one attached hydrogen (secondary N) is 2. The summed E-state index contributed by atoms with van der Waals surface area (Å²) in [6, 6.07) is 9.74. The Bertz CT molecular complexity index is 1090. The van der Waals surface area contributed by atoms with E-state index in [2.05, 4.69) is 15.0 Å². The number of H-pyrrole nitrogens is 1. The molecule has 146 valence electrons. The zero-order valence-corrected chi connectivity index (χ0v) is 15.1. The maximum Gasteiger partial charge on any atom is 0.573 e. The highest BCUT2D eigenvalue weighted by atomic mass is 19.4. The maximum absolute atomic E-state index is 12.3. The predicted molar refractivity (Wildman–Crippen MR) is 99.8 cm³/mol. The minimum Gasteiger partial charge on any atom is -0.406 e. The summed E-state index contributed by atoms with van der Waals surface area (Å²) < 4.78 is 40.4. The van der Waals surface area contributed by atoms with Gasteiger partial charge in [-0.3, -0.25) is 9.59 Å². The van der Waals surface area contributed by atoms with Gasteiger partial charge < -0.3 is 15.0 Å². The summed E-state index contributed by atoms with van der Waals surface area (Å²) in [5.41, 5.74) is 2.64. The van der Waals surface area contributed by atoms with Crippen LogP contribution in [0.5, 0.6) is 5.75 Å². The molecule has 28 heavy (non-hydrogen) atoms. The van der Waals surface area contributed by atoms with Crippen LogP contribution in [0.2, 0.25) is 0 Å². The van der Waals surface area contributed by atoms with E-state index in [4.69, 9.17) is 0 Å². The molecule has 0 atom stereocenters. The van der Waals surface area contributed by atoms with Crippen molar-refractivity contribution < 1.29 is 22.7 Å². The van der Waals surface area contributed by atoms with Crippen LogP contribution in [0.4, 0.5) is 18.9 Å². The average molecular weight is 390 g/mol. The van der Waals surface area contributed by atoms with Crippen LogP contribution in [-0.2, 0) is 6.42 Å². The van der Waals surface area contributed by atoms with Crippen LogP contribution in [0.15, 0.2) is 47.3 Å². The van der Waals surface area contributed by atoms with Gasteiger partial charge in [0.25, 0.3) is 11.5 Å². The second-order valence-electron chi connectivity index (χ2n) is 6.20. The lowest BCUT2D eigenvalue weighted by atomic mass is 10.0. The molecule has 0 saturated heterocycles. The number of alkyl halides is 3. The normalized spacial score (nSPS) is 11.5. The van der Waals surface area contributed by atoms with Gasteiger partial charge in [-0.15, -0.1) is 13.2 Å². The molecule has 0 spiro atoms. The summed E-state index contributed by atoms with van der Waals surface area (Å²) in [5.74, 6) is -0.906. The Balaban J connectivity index is 1.82. The Morgan fingerprint density at radius 1 is 1.14 bits per heavy atom. The zero-order chi connectivity index (χ0) is 20.5. The molecule has 1 aromatic heterocycles. The predicted octanol–water partition coefficient (Wildman–Crippen LogP) is 4.55. The van der Waals surface area contributed by atoms with Gasteiger partial charge in [-0.05, 0) is 55.3 Å². The number of ether oxygens (including phenoxy) is 1. The number of carbonyl (C=O) groups is 1. The molecule has 2 N–H and O–H groups in total. The second kappa shape index (κ2) is 7.38. The number of aromatic nitrogens is 1. The first-order valence-corrected chi connectivity index (χ1v) is 8.50. The fourth-order valence-electron chi connectivity index (χ4n) is 3.02. The van der Waals surface area contributed by atoms with Crippen molar-refractivity contribution in [2.75, 3.05) is 5.32 Å². The molecule has 0 saturated carbocycles. The van der Waals surface area contributed by atoms with Crippen molar-refractivity contribution in [2.24, 2.45) is 0 Å². The SMILES string of the molecule is CCc1c(C)c2ccc(NC(=O)c3ccc(OC(F)(F)F)cc3)cc2[nH]c1=O. The molecule has 0 bridgehead atoms. The molecule has 0 radical (unpaired) electrons. The summed E-state index contributed by atoms with van der Waals surface area (Å²) in [6.45, 7) is 3.78. The number of carbonyl (C=O) groups excluding carboxylic acids is 1. The van der Waals surface area contributed by atoms with E-state index in [-0.39, 0.29) is 11.1 Å². The third-order valence-corrected chi connectivity index (χ3v) is 4.36. The largest absolute Gasteiger partial charge is 0.573 e. The monoisotopic (exact) mass is 390 g/mol. The van der Waals surface area contributed by atoms with Crippen LogP contribution in [0.1, 0.15) is 28.4 Å². The number of pyridine rings is 1. The molecular weight excluding hydrogens is 373 g/mol.